The quantitative estimate of drug-likeness (QED) is 0.105. The number of rotatable bonds is 12. The van der Waals surface area contributed by atoms with Crippen molar-refractivity contribution < 1.29 is 33.0 Å². The van der Waals surface area contributed by atoms with Crippen LogP contribution in [0.1, 0.15) is 54.6 Å². The third-order valence-corrected chi connectivity index (χ3v) is 14.4. The molecule has 3 amide bonds. The molecular formula is C49H51F2N11O5. The smallest absolute Gasteiger partial charge is 0.319 e. The summed E-state index contributed by atoms with van der Waals surface area (Å²) in [4.78, 5) is 64.2. The second-order valence-electron chi connectivity index (χ2n) is 19.2. The zero-order valence-electron chi connectivity index (χ0n) is 36.9. The fraction of sp³-hybridized carbons (Fsp3) is 0.449. The second kappa shape index (κ2) is 17.3. The molecule has 3 aromatic heterocycles. The number of nitrogens with zero attached hydrogens (tertiary/aromatic N) is 8. The number of hydrogen-bond acceptors (Lipinski definition) is 14. The van der Waals surface area contributed by atoms with Crippen molar-refractivity contribution in [2.24, 2.45) is 11.3 Å². The molecule has 1 aliphatic carbocycles. The number of imide groups is 1. The van der Waals surface area contributed by atoms with Gasteiger partial charge in [0, 0.05) is 107 Å². The summed E-state index contributed by atoms with van der Waals surface area (Å²) in [5.74, 6) is 0.751. The number of terminal acetylenes is 1. The van der Waals surface area contributed by atoms with Gasteiger partial charge in [-0.25, -0.2) is 13.8 Å². The molecule has 2 bridgehead atoms. The number of hydrogen-bond donors (Lipinski definition) is 4. The second-order valence-corrected chi connectivity index (χ2v) is 19.2. The Hall–Kier alpha value is -6.55. The van der Waals surface area contributed by atoms with Crippen LogP contribution in [0.4, 0.5) is 20.3 Å². The number of anilines is 2. The molecule has 6 aliphatic rings. The van der Waals surface area contributed by atoms with Crippen LogP contribution < -0.4 is 30.5 Å². The minimum atomic E-state index is -0.751. The van der Waals surface area contributed by atoms with Crippen LogP contribution in [-0.4, -0.2) is 143 Å². The Morgan fingerprint density at radius 1 is 0.940 bits per heavy atom. The highest BCUT2D eigenvalue weighted by Crippen LogP contribution is 2.48. The molecule has 2 aromatic carbocycles. The Kier molecular flexibility index (Phi) is 11.1. The Morgan fingerprint density at radius 3 is 2.45 bits per heavy atom. The number of phenolic OH excluding ortho intramolecular Hbond substituents is 1. The summed E-state index contributed by atoms with van der Waals surface area (Å²) >= 11 is 0. The molecule has 5 aliphatic heterocycles. The van der Waals surface area contributed by atoms with E-state index in [0.29, 0.717) is 54.3 Å². The van der Waals surface area contributed by atoms with Gasteiger partial charge in [0.25, 0.3) is 5.91 Å². The number of halogens is 2. The molecule has 11 rings (SSSR count). The molecule has 0 spiro atoms. The highest BCUT2D eigenvalue weighted by atomic mass is 19.1. The number of amides is 3. The van der Waals surface area contributed by atoms with E-state index in [2.05, 4.69) is 56.4 Å². The number of piperidine rings is 1. The lowest BCUT2D eigenvalue weighted by Crippen LogP contribution is -2.56. The number of benzene rings is 2. The molecule has 18 heteroatoms. The number of carbonyl (C=O) groups excluding carboxylic acids is 3. The Balaban J connectivity index is 0.722. The Morgan fingerprint density at radius 2 is 1.73 bits per heavy atom. The summed E-state index contributed by atoms with van der Waals surface area (Å²) in [7, 11) is 0. The van der Waals surface area contributed by atoms with E-state index in [0.717, 1.165) is 83.7 Å². The number of aromatic nitrogens is 4. The van der Waals surface area contributed by atoms with Crippen molar-refractivity contribution in [3.63, 3.8) is 0 Å². The zero-order valence-corrected chi connectivity index (χ0v) is 36.9. The average Bonchev–Trinajstić information content (AvgIpc) is 4.01. The van der Waals surface area contributed by atoms with Gasteiger partial charge in [-0.3, -0.25) is 29.6 Å². The number of ether oxygens (including phenoxy) is 1. The predicted molar refractivity (Wildman–Crippen MR) is 246 cm³/mol. The van der Waals surface area contributed by atoms with Crippen molar-refractivity contribution in [2.75, 3.05) is 81.9 Å². The normalized spacial score (nSPS) is 23.0. The summed E-state index contributed by atoms with van der Waals surface area (Å²) in [6.07, 6.45) is 13.6. The number of aromatic hydroxyl groups is 1. The van der Waals surface area contributed by atoms with Crippen LogP contribution in [0.2, 0.25) is 0 Å². The molecule has 16 nitrogen and oxygen atoms in total. The van der Waals surface area contributed by atoms with Crippen molar-refractivity contribution >= 4 is 50.9 Å². The van der Waals surface area contributed by atoms with Crippen molar-refractivity contribution in [1.29, 1.82) is 0 Å². The van der Waals surface area contributed by atoms with Crippen LogP contribution in [0, 0.1) is 35.3 Å². The van der Waals surface area contributed by atoms with E-state index in [-0.39, 0.29) is 69.3 Å². The highest BCUT2D eigenvalue weighted by Gasteiger charge is 2.47. The fourth-order valence-electron chi connectivity index (χ4n) is 10.7. The van der Waals surface area contributed by atoms with Gasteiger partial charge >= 0.3 is 6.01 Å². The lowest BCUT2D eigenvalue weighted by atomic mass is 9.96. The van der Waals surface area contributed by atoms with Gasteiger partial charge in [0.15, 0.2) is 5.82 Å². The first-order chi connectivity index (χ1) is 32.5. The zero-order chi connectivity index (χ0) is 46.0. The first-order valence-electron chi connectivity index (χ1n) is 23.2. The average molecular weight is 912 g/mol. The Labute approximate surface area is 385 Å². The van der Waals surface area contributed by atoms with Crippen LogP contribution in [0.5, 0.6) is 11.8 Å². The van der Waals surface area contributed by atoms with Gasteiger partial charge < -0.3 is 35.2 Å². The molecule has 1 saturated carbocycles. The number of pyridine rings is 2. The Bertz CT molecular complexity index is 2830. The lowest BCUT2D eigenvalue weighted by Gasteiger charge is -2.45. The molecule has 4 N–H and O–H groups in total. The van der Waals surface area contributed by atoms with Gasteiger partial charge in [0.1, 0.15) is 40.3 Å². The van der Waals surface area contributed by atoms with Gasteiger partial charge in [-0.15, -0.1) is 6.42 Å². The topological polar surface area (TPSA) is 181 Å². The van der Waals surface area contributed by atoms with E-state index >= 15 is 8.78 Å². The van der Waals surface area contributed by atoms with E-state index in [1.165, 1.54) is 24.3 Å². The number of carbonyl (C=O) groups is 3. The predicted octanol–water partition coefficient (Wildman–Crippen LogP) is 3.59. The number of phenols is 1. The van der Waals surface area contributed by atoms with Crippen molar-refractivity contribution in [2.45, 2.75) is 56.7 Å². The fourth-order valence-corrected chi connectivity index (χ4v) is 10.7. The molecule has 0 radical (unpaired) electrons. The summed E-state index contributed by atoms with van der Waals surface area (Å²) in [6, 6.07) is 9.02. The van der Waals surface area contributed by atoms with Gasteiger partial charge in [0.05, 0.1) is 29.4 Å². The molecule has 8 heterocycles. The first-order valence-corrected chi connectivity index (χ1v) is 23.2. The maximum atomic E-state index is 17.1. The molecule has 3 unspecified atom stereocenters. The van der Waals surface area contributed by atoms with Gasteiger partial charge in [-0.05, 0) is 73.7 Å². The van der Waals surface area contributed by atoms with Crippen LogP contribution in [-0.2, 0) is 9.59 Å². The molecule has 67 heavy (non-hydrogen) atoms. The third kappa shape index (κ3) is 8.55. The summed E-state index contributed by atoms with van der Waals surface area (Å²) in [6.45, 7) is 9.25. The van der Waals surface area contributed by atoms with Gasteiger partial charge in [0.2, 0.25) is 11.8 Å². The summed E-state index contributed by atoms with van der Waals surface area (Å²) in [5, 5.41) is 20.4. The number of likely N-dealkylation sites (tertiary alicyclic amines) is 1. The third-order valence-electron chi connectivity index (χ3n) is 14.4. The molecule has 3 atom stereocenters. The molecular weight excluding hydrogens is 861 g/mol. The number of nitrogens with one attached hydrogen (secondary N) is 3. The van der Waals surface area contributed by atoms with E-state index in [4.69, 9.17) is 16.1 Å². The van der Waals surface area contributed by atoms with Gasteiger partial charge in [-0.1, -0.05) is 12.0 Å². The van der Waals surface area contributed by atoms with Crippen LogP contribution >= 0.6 is 0 Å². The van der Waals surface area contributed by atoms with Crippen molar-refractivity contribution in [3.8, 4) is 35.4 Å². The highest BCUT2D eigenvalue weighted by molar-refractivity contribution is 6.04. The molecule has 5 saturated heterocycles. The first kappa shape index (κ1) is 43.0. The SMILES string of the molecule is C#Cc1c(F)ccc2cc(O)cc(-c3ncc4c(N5CC6CCC(C5)N6)nc(OCC5(CN6CC(CN7CCN(c8ccc(C(=O)NC9CCC(=O)NC9=O)nc8)CC7)C6)CC5)nc4c3F)c12. The summed E-state index contributed by atoms with van der Waals surface area (Å²) < 4.78 is 38.5. The van der Waals surface area contributed by atoms with Crippen LogP contribution in [0.15, 0.2) is 48.8 Å². The van der Waals surface area contributed by atoms with E-state index in [9.17, 15) is 19.5 Å². The summed E-state index contributed by atoms with van der Waals surface area (Å²) in [5.41, 5.74) is 1.16. The minimum absolute atomic E-state index is 0.0324. The maximum Gasteiger partial charge on any atom is 0.319 e. The van der Waals surface area contributed by atoms with Crippen molar-refractivity contribution in [3.05, 3.63) is 71.7 Å². The van der Waals surface area contributed by atoms with E-state index in [1.54, 1.807) is 18.5 Å². The maximum absolute atomic E-state index is 17.1. The van der Waals surface area contributed by atoms with E-state index < -0.39 is 29.5 Å². The van der Waals surface area contributed by atoms with Crippen LogP contribution in [0.25, 0.3) is 32.9 Å². The molecule has 346 valence electrons. The molecule has 5 aromatic rings. The van der Waals surface area contributed by atoms with E-state index in [1.807, 2.05) is 6.07 Å². The minimum Gasteiger partial charge on any atom is -0.508 e. The number of fused-ring (bicyclic) bond motifs is 4. The molecule has 6 fully saturated rings. The standard InChI is InChI=1S/C49H51F2N11O5/c1-2-34-37(50)7-3-29-17-33(63)18-35(41(29)34)43-42(51)44-36(20-53-43)45(62-24-30-4-5-31(25-62)54-30)58-48(57-44)67-27-49(11-12-49)26-60-22-28(23-60)21-59-13-15-61(16-14-59)32-6-8-38(52-19-32)46(65)55-39-9-10-40(64)56-47(39)66/h1,3,6-8,17-20,28,30-31,39,54,63H,4-5,9-16,21-27H2,(H,55,65)(H,56,64,66). The monoisotopic (exact) mass is 911 g/mol. The lowest BCUT2D eigenvalue weighted by molar-refractivity contribution is -0.134. The number of piperazine rings is 2. The van der Waals surface area contributed by atoms with Crippen LogP contribution in [0.3, 0.4) is 0 Å². The van der Waals surface area contributed by atoms with Gasteiger partial charge in [-0.2, -0.15) is 9.97 Å². The largest absolute Gasteiger partial charge is 0.508 e. The van der Waals surface area contributed by atoms with Crippen molar-refractivity contribution in [1.82, 2.24) is 45.7 Å².